The molecule has 0 atom stereocenters. The van der Waals surface area contributed by atoms with E-state index in [0.717, 1.165) is 41.2 Å². The molecule has 44 heavy (non-hydrogen) atoms. The molecule has 0 radical (unpaired) electrons. The lowest BCUT2D eigenvalue weighted by atomic mass is 9.98. The van der Waals surface area contributed by atoms with Gasteiger partial charge in [-0.15, -0.1) is 0 Å². The van der Waals surface area contributed by atoms with Gasteiger partial charge in [-0.25, -0.2) is 9.97 Å². The summed E-state index contributed by atoms with van der Waals surface area (Å²) >= 11 is 6.87. The maximum atomic E-state index is 13.4. The maximum Gasteiger partial charge on any atom is 0.317 e. The van der Waals surface area contributed by atoms with Crippen LogP contribution in [0.5, 0.6) is 0 Å². The van der Waals surface area contributed by atoms with Gasteiger partial charge >= 0.3 is 5.97 Å². The number of anilines is 2. The fourth-order valence-corrected chi connectivity index (χ4v) is 6.30. The summed E-state index contributed by atoms with van der Waals surface area (Å²) in [6.07, 6.45) is 1.42. The van der Waals surface area contributed by atoms with E-state index in [9.17, 15) is 14.4 Å². The number of hydrogen-bond acceptors (Lipinski definition) is 7. The molecule has 0 aliphatic carbocycles. The Morgan fingerprint density at radius 3 is 2.20 bits per heavy atom. The van der Waals surface area contributed by atoms with Gasteiger partial charge in [0.05, 0.1) is 28.6 Å². The van der Waals surface area contributed by atoms with Crippen LogP contribution in [0.3, 0.4) is 0 Å². The van der Waals surface area contributed by atoms with Crippen molar-refractivity contribution >= 4 is 40.8 Å². The van der Waals surface area contributed by atoms with Crippen molar-refractivity contribution in [3.05, 3.63) is 81.4 Å². The summed E-state index contributed by atoms with van der Waals surface area (Å²) in [5, 5.41) is 18.7. The van der Waals surface area contributed by atoms with Crippen molar-refractivity contribution in [2.75, 3.05) is 30.3 Å². The number of nitrogens with one attached hydrogen (secondary N) is 3. The van der Waals surface area contributed by atoms with Crippen LogP contribution in [0.25, 0.3) is 11.1 Å². The number of aromatic nitrogens is 4. The summed E-state index contributed by atoms with van der Waals surface area (Å²) in [5.41, 5.74) is 6.91. The van der Waals surface area contributed by atoms with E-state index in [4.69, 9.17) is 16.7 Å². The lowest BCUT2D eigenvalue weighted by Crippen LogP contribution is -2.35. The van der Waals surface area contributed by atoms with Crippen molar-refractivity contribution in [1.29, 1.82) is 0 Å². The number of imidazole rings is 2. The Kier molecular flexibility index (Phi) is 7.97. The predicted molar refractivity (Wildman–Crippen MR) is 166 cm³/mol. The number of carbonyl (C=O) groups excluding carboxylic acids is 2. The zero-order chi connectivity index (χ0) is 31.1. The molecular weight excluding hydrogens is 584 g/mol. The van der Waals surface area contributed by atoms with Gasteiger partial charge in [0.1, 0.15) is 0 Å². The molecule has 4 N–H and O–H groups in total. The Morgan fingerprint density at radius 1 is 0.909 bits per heavy atom. The second-order valence-corrected chi connectivity index (χ2v) is 11.5. The molecule has 2 aromatic heterocycles. The highest BCUT2D eigenvalue weighted by atomic mass is 35.5. The van der Waals surface area contributed by atoms with Crippen LogP contribution in [-0.2, 0) is 44.8 Å². The van der Waals surface area contributed by atoms with Crippen LogP contribution in [0.2, 0.25) is 5.02 Å². The quantitative estimate of drug-likeness (QED) is 0.247. The van der Waals surface area contributed by atoms with Gasteiger partial charge in [-0.1, -0.05) is 35.9 Å². The summed E-state index contributed by atoms with van der Waals surface area (Å²) in [7, 11) is 3.65. The summed E-state index contributed by atoms with van der Waals surface area (Å²) < 4.78 is 3.61. The van der Waals surface area contributed by atoms with E-state index in [1.807, 2.05) is 48.9 Å². The van der Waals surface area contributed by atoms with Crippen molar-refractivity contribution in [3.8, 4) is 11.1 Å². The minimum atomic E-state index is -0.894. The molecule has 0 bridgehead atoms. The van der Waals surface area contributed by atoms with Crippen molar-refractivity contribution in [1.82, 2.24) is 29.3 Å². The SMILES string of the molecule is Cc1c(NC(=O)c2nc3c(n2C)CCN(CC(=O)O)C3)cccc1-c1cccc(NC(=O)c2nc3c(n2C)CCNC3)c1Cl. The third-order valence-electron chi connectivity index (χ3n) is 8.35. The molecule has 0 fully saturated rings. The van der Waals surface area contributed by atoms with Crippen molar-refractivity contribution < 1.29 is 19.5 Å². The number of amides is 2. The van der Waals surface area contributed by atoms with Crippen molar-refractivity contribution in [2.24, 2.45) is 14.1 Å². The Labute approximate surface area is 259 Å². The number of carboxylic acids is 1. The average Bonchev–Trinajstić information content (AvgIpc) is 3.51. The summed E-state index contributed by atoms with van der Waals surface area (Å²) in [6.45, 7) is 4.26. The molecule has 6 rings (SSSR count). The van der Waals surface area contributed by atoms with Gasteiger partial charge in [-0.3, -0.25) is 19.3 Å². The normalized spacial score (nSPS) is 14.5. The molecule has 12 nitrogen and oxygen atoms in total. The van der Waals surface area contributed by atoms with Crippen molar-refractivity contribution in [2.45, 2.75) is 32.9 Å². The Balaban J connectivity index is 1.22. The third-order valence-corrected chi connectivity index (χ3v) is 8.75. The zero-order valence-electron chi connectivity index (χ0n) is 24.7. The Morgan fingerprint density at radius 2 is 1.52 bits per heavy atom. The monoisotopic (exact) mass is 616 g/mol. The number of carbonyl (C=O) groups is 3. The van der Waals surface area contributed by atoms with Crippen LogP contribution in [0.1, 0.15) is 49.6 Å². The number of nitrogens with zero attached hydrogens (tertiary/aromatic N) is 5. The number of hydrogen-bond donors (Lipinski definition) is 4. The molecule has 2 aliphatic heterocycles. The summed E-state index contributed by atoms with van der Waals surface area (Å²) in [5.74, 6) is -1.03. The maximum absolute atomic E-state index is 13.4. The number of aliphatic carboxylic acids is 1. The van der Waals surface area contributed by atoms with Crippen LogP contribution in [0.15, 0.2) is 36.4 Å². The largest absolute Gasteiger partial charge is 0.480 e. The Bertz CT molecular complexity index is 1810. The fourth-order valence-electron chi connectivity index (χ4n) is 6.03. The molecule has 0 spiro atoms. The number of rotatable bonds is 7. The second kappa shape index (κ2) is 11.9. The van der Waals surface area contributed by atoms with Gasteiger partial charge in [-0.05, 0) is 30.2 Å². The van der Waals surface area contributed by atoms with Crippen LogP contribution in [-0.4, -0.2) is 66.5 Å². The highest BCUT2D eigenvalue weighted by Gasteiger charge is 2.27. The average molecular weight is 617 g/mol. The first kappa shape index (κ1) is 29.5. The van der Waals surface area contributed by atoms with E-state index in [1.165, 1.54) is 0 Å². The molecule has 2 aromatic carbocycles. The van der Waals surface area contributed by atoms with Crippen LogP contribution < -0.4 is 16.0 Å². The predicted octanol–water partition coefficient (Wildman–Crippen LogP) is 3.38. The van der Waals surface area contributed by atoms with E-state index >= 15 is 0 Å². The number of carboxylic acid groups (broad SMARTS) is 1. The zero-order valence-corrected chi connectivity index (χ0v) is 25.5. The van der Waals surface area contributed by atoms with E-state index < -0.39 is 5.97 Å². The van der Waals surface area contributed by atoms with Gasteiger partial charge in [-0.2, -0.15) is 0 Å². The lowest BCUT2D eigenvalue weighted by molar-refractivity contribution is -0.138. The summed E-state index contributed by atoms with van der Waals surface area (Å²) in [6, 6.07) is 11.0. The highest BCUT2D eigenvalue weighted by molar-refractivity contribution is 6.36. The van der Waals surface area contributed by atoms with E-state index in [-0.39, 0.29) is 24.2 Å². The summed E-state index contributed by atoms with van der Waals surface area (Å²) in [4.78, 5) is 48.7. The van der Waals surface area contributed by atoms with Gasteiger partial charge in [0.25, 0.3) is 11.8 Å². The smallest absolute Gasteiger partial charge is 0.317 e. The van der Waals surface area contributed by atoms with E-state index in [0.29, 0.717) is 59.5 Å². The molecule has 4 heterocycles. The topological polar surface area (TPSA) is 146 Å². The molecule has 228 valence electrons. The van der Waals surface area contributed by atoms with E-state index in [1.54, 1.807) is 22.6 Å². The first-order valence-electron chi connectivity index (χ1n) is 14.4. The molecule has 0 saturated heterocycles. The van der Waals surface area contributed by atoms with Crippen LogP contribution >= 0.6 is 11.6 Å². The molecule has 0 saturated carbocycles. The van der Waals surface area contributed by atoms with Gasteiger partial charge < -0.3 is 30.2 Å². The van der Waals surface area contributed by atoms with Gasteiger partial charge in [0, 0.05) is 75.8 Å². The first-order chi connectivity index (χ1) is 21.1. The van der Waals surface area contributed by atoms with E-state index in [2.05, 4.69) is 25.9 Å². The highest BCUT2D eigenvalue weighted by Crippen LogP contribution is 2.37. The molecular formula is C31H33ClN8O4. The van der Waals surface area contributed by atoms with Crippen LogP contribution in [0, 0.1) is 6.92 Å². The number of halogens is 1. The molecule has 4 aromatic rings. The minimum Gasteiger partial charge on any atom is -0.480 e. The van der Waals surface area contributed by atoms with Crippen molar-refractivity contribution in [3.63, 3.8) is 0 Å². The molecule has 2 aliphatic rings. The first-order valence-corrected chi connectivity index (χ1v) is 14.7. The van der Waals surface area contributed by atoms with Gasteiger partial charge in [0.2, 0.25) is 0 Å². The minimum absolute atomic E-state index is 0.0699. The fraction of sp³-hybridized carbons (Fsp3) is 0.323. The Hall–Kier alpha value is -4.52. The molecule has 0 unspecified atom stereocenters. The molecule has 2 amide bonds. The second-order valence-electron chi connectivity index (χ2n) is 11.1. The number of benzene rings is 2. The standard InChI is InChI=1S/C31H33ClN8O4/c1-17-18(19-7-5-9-21(27(19)32)37-31(44)28-34-22-14-33-12-10-24(22)38(28)2)6-4-8-20(17)36-30(43)29-35-23-15-40(16-26(41)42)13-11-25(23)39(29)3/h4-9,33H,10-16H2,1-3H3,(H,36,43)(H,37,44)(H,41,42). The number of fused-ring (bicyclic) bond motifs is 2. The molecule has 13 heteroatoms. The van der Waals surface area contributed by atoms with Gasteiger partial charge in [0.15, 0.2) is 11.6 Å². The van der Waals surface area contributed by atoms with Crippen LogP contribution in [0.4, 0.5) is 11.4 Å². The lowest BCUT2D eigenvalue weighted by Gasteiger charge is -2.24. The third kappa shape index (κ3) is 5.47.